The van der Waals surface area contributed by atoms with Crippen molar-refractivity contribution in [3.8, 4) is 6.07 Å². The topological polar surface area (TPSA) is 70.4 Å². The molecule has 0 aliphatic carbocycles. The van der Waals surface area contributed by atoms with E-state index < -0.39 is 39.3 Å². The van der Waals surface area contributed by atoms with Crippen LogP contribution in [0.5, 0.6) is 0 Å². The third-order valence-electron chi connectivity index (χ3n) is 2.58. The van der Waals surface area contributed by atoms with Gasteiger partial charge in [-0.25, -0.2) is 21.6 Å². The first kappa shape index (κ1) is 17.4. The van der Waals surface area contributed by atoms with Gasteiger partial charge in [0.15, 0.2) is 0 Å². The molecule has 1 aromatic rings. The van der Waals surface area contributed by atoms with Crippen molar-refractivity contribution in [1.29, 1.82) is 5.26 Å². The van der Waals surface area contributed by atoms with Crippen molar-refractivity contribution in [2.45, 2.75) is 11.3 Å². The number of nitriles is 1. The summed E-state index contributed by atoms with van der Waals surface area (Å²) in [5.74, 6) is -0.881. The molecule has 0 aromatic heterocycles. The van der Waals surface area contributed by atoms with E-state index in [2.05, 4.69) is 4.74 Å². The third kappa shape index (κ3) is 4.42. The second kappa shape index (κ2) is 7.40. The van der Waals surface area contributed by atoms with Gasteiger partial charge < -0.3 is 4.74 Å². The highest BCUT2D eigenvalue weighted by atomic mass is 32.2. The molecule has 116 valence electrons. The van der Waals surface area contributed by atoms with Crippen molar-refractivity contribution in [3.05, 3.63) is 29.6 Å². The Kier molecular flexibility index (Phi) is 6.14. The van der Waals surface area contributed by atoms with Crippen LogP contribution < -0.4 is 0 Å². The quantitative estimate of drug-likeness (QED) is 0.764. The summed E-state index contributed by atoms with van der Waals surface area (Å²) in [7, 11) is -2.96. The minimum absolute atomic E-state index is 0.0712. The standard InChI is InChI=1S/C12H13F3N2O3S/c1-20-5-4-17(8-12(14)15)21(18,19)10-2-3-11(13)9(6-10)7-16/h2-3,6,12H,4-5,8H2,1H3. The van der Waals surface area contributed by atoms with Gasteiger partial charge in [-0.15, -0.1) is 0 Å². The largest absolute Gasteiger partial charge is 0.383 e. The first-order valence-electron chi connectivity index (χ1n) is 5.79. The number of methoxy groups -OCH3 is 1. The molecule has 0 atom stereocenters. The Morgan fingerprint density at radius 2 is 2.10 bits per heavy atom. The van der Waals surface area contributed by atoms with Crippen LogP contribution in [-0.4, -0.2) is 46.0 Å². The molecule has 0 N–H and O–H groups in total. The Hall–Kier alpha value is -1.63. The zero-order valence-electron chi connectivity index (χ0n) is 11.1. The highest BCUT2D eigenvalue weighted by Gasteiger charge is 2.27. The number of halogens is 3. The summed E-state index contributed by atoms with van der Waals surface area (Å²) in [5.41, 5.74) is -0.472. The Morgan fingerprint density at radius 3 is 2.62 bits per heavy atom. The van der Waals surface area contributed by atoms with Gasteiger partial charge in [-0.1, -0.05) is 0 Å². The van der Waals surface area contributed by atoms with E-state index >= 15 is 0 Å². The molecule has 0 radical (unpaired) electrons. The van der Waals surface area contributed by atoms with Crippen LogP contribution in [0, 0.1) is 17.1 Å². The number of nitrogens with zero attached hydrogens (tertiary/aromatic N) is 2. The fraction of sp³-hybridized carbons (Fsp3) is 0.417. The summed E-state index contributed by atoms with van der Waals surface area (Å²) < 4.78 is 68.0. The maximum absolute atomic E-state index is 13.2. The molecule has 21 heavy (non-hydrogen) atoms. The molecule has 0 aliphatic rings. The minimum Gasteiger partial charge on any atom is -0.383 e. The van der Waals surface area contributed by atoms with Crippen molar-refractivity contribution in [2.24, 2.45) is 0 Å². The fourth-order valence-corrected chi connectivity index (χ4v) is 2.98. The van der Waals surface area contributed by atoms with E-state index in [4.69, 9.17) is 5.26 Å². The Balaban J connectivity index is 3.18. The maximum Gasteiger partial charge on any atom is 0.252 e. The van der Waals surface area contributed by atoms with Crippen LogP contribution in [0.1, 0.15) is 5.56 Å². The van der Waals surface area contributed by atoms with Gasteiger partial charge in [0.05, 0.1) is 23.6 Å². The minimum atomic E-state index is -4.26. The number of sulfonamides is 1. The molecule has 0 spiro atoms. The van der Waals surface area contributed by atoms with Crippen LogP contribution in [0.4, 0.5) is 13.2 Å². The lowest BCUT2D eigenvalue weighted by atomic mass is 10.2. The monoisotopic (exact) mass is 322 g/mol. The first-order valence-corrected chi connectivity index (χ1v) is 7.23. The zero-order chi connectivity index (χ0) is 16.0. The van der Waals surface area contributed by atoms with Crippen molar-refractivity contribution in [3.63, 3.8) is 0 Å². The predicted octanol–water partition coefficient (Wildman–Crippen LogP) is 1.60. The number of rotatable bonds is 7. The fourth-order valence-electron chi connectivity index (χ4n) is 1.56. The molecular formula is C12H13F3N2O3S. The average Bonchev–Trinajstić information content (AvgIpc) is 2.43. The van der Waals surface area contributed by atoms with Gasteiger partial charge in [0.2, 0.25) is 10.0 Å². The zero-order valence-corrected chi connectivity index (χ0v) is 11.9. The lowest BCUT2D eigenvalue weighted by Crippen LogP contribution is -2.37. The summed E-state index contributed by atoms with van der Waals surface area (Å²) in [6.07, 6.45) is -2.87. The van der Waals surface area contributed by atoms with Crippen LogP contribution in [-0.2, 0) is 14.8 Å². The van der Waals surface area contributed by atoms with E-state index in [0.29, 0.717) is 4.31 Å². The van der Waals surface area contributed by atoms with Gasteiger partial charge in [0, 0.05) is 13.7 Å². The summed E-state index contributed by atoms with van der Waals surface area (Å²) in [6, 6.07) is 4.05. The van der Waals surface area contributed by atoms with E-state index in [1.54, 1.807) is 0 Å². The van der Waals surface area contributed by atoms with E-state index in [0.717, 1.165) is 18.2 Å². The SMILES string of the molecule is COCCN(CC(F)F)S(=O)(=O)c1ccc(F)c(C#N)c1. The summed E-state index contributed by atoms with van der Waals surface area (Å²) >= 11 is 0. The highest BCUT2D eigenvalue weighted by Crippen LogP contribution is 2.19. The van der Waals surface area contributed by atoms with E-state index in [-0.39, 0.29) is 13.2 Å². The smallest absolute Gasteiger partial charge is 0.252 e. The molecule has 0 unspecified atom stereocenters. The lowest BCUT2D eigenvalue weighted by Gasteiger charge is -2.21. The molecule has 0 bridgehead atoms. The molecule has 0 fully saturated rings. The van der Waals surface area contributed by atoms with Gasteiger partial charge in [0.1, 0.15) is 11.9 Å². The summed E-state index contributed by atoms with van der Waals surface area (Å²) in [5, 5.41) is 8.70. The Bertz CT molecular complexity index is 629. The van der Waals surface area contributed by atoms with Gasteiger partial charge in [-0.05, 0) is 18.2 Å². The molecule has 0 saturated heterocycles. The third-order valence-corrected chi connectivity index (χ3v) is 4.44. The van der Waals surface area contributed by atoms with Crippen molar-refractivity contribution < 1.29 is 26.3 Å². The predicted molar refractivity (Wildman–Crippen MR) is 67.8 cm³/mol. The van der Waals surface area contributed by atoms with Gasteiger partial charge in [0.25, 0.3) is 6.43 Å². The molecule has 5 nitrogen and oxygen atoms in total. The van der Waals surface area contributed by atoms with Crippen LogP contribution in [0.2, 0.25) is 0 Å². The number of ether oxygens (including phenoxy) is 1. The molecule has 9 heteroatoms. The molecule has 0 amide bonds. The van der Waals surface area contributed by atoms with Gasteiger partial charge >= 0.3 is 0 Å². The summed E-state index contributed by atoms with van der Waals surface area (Å²) in [6.45, 7) is -1.36. The highest BCUT2D eigenvalue weighted by molar-refractivity contribution is 7.89. The van der Waals surface area contributed by atoms with Crippen molar-refractivity contribution >= 4 is 10.0 Å². The Morgan fingerprint density at radius 1 is 1.43 bits per heavy atom. The molecule has 0 saturated carbocycles. The average molecular weight is 322 g/mol. The van der Waals surface area contributed by atoms with Crippen LogP contribution in [0.25, 0.3) is 0 Å². The number of hydrogen-bond acceptors (Lipinski definition) is 4. The van der Waals surface area contributed by atoms with Gasteiger partial charge in [-0.2, -0.15) is 9.57 Å². The number of benzene rings is 1. The first-order chi connectivity index (χ1) is 9.82. The molecule has 0 heterocycles. The molecular weight excluding hydrogens is 309 g/mol. The normalized spacial score (nSPS) is 11.9. The lowest BCUT2D eigenvalue weighted by molar-refractivity contribution is 0.106. The van der Waals surface area contributed by atoms with Gasteiger partial charge in [-0.3, -0.25) is 0 Å². The summed E-state index contributed by atoms with van der Waals surface area (Å²) in [4.78, 5) is -0.419. The van der Waals surface area contributed by atoms with E-state index in [1.165, 1.54) is 13.2 Å². The molecule has 0 aliphatic heterocycles. The second-order valence-corrected chi connectivity index (χ2v) is 5.94. The van der Waals surface area contributed by atoms with E-state index in [1.807, 2.05) is 0 Å². The van der Waals surface area contributed by atoms with Crippen molar-refractivity contribution in [1.82, 2.24) is 4.31 Å². The molecule has 1 aromatic carbocycles. The van der Waals surface area contributed by atoms with Crippen LogP contribution in [0.15, 0.2) is 23.1 Å². The maximum atomic E-state index is 13.2. The second-order valence-electron chi connectivity index (χ2n) is 4.00. The Labute approximate surface area is 120 Å². The van der Waals surface area contributed by atoms with Crippen LogP contribution >= 0.6 is 0 Å². The number of hydrogen-bond donors (Lipinski definition) is 0. The van der Waals surface area contributed by atoms with E-state index in [9.17, 15) is 21.6 Å². The van der Waals surface area contributed by atoms with Crippen LogP contribution in [0.3, 0.4) is 0 Å². The molecule has 1 rings (SSSR count). The van der Waals surface area contributed by atoms with Crippen molar-refractivity contribution in [2.75, 3.05) is 26.8 Å². The number of alkyl halides is 2.